The summed E-state index contributed by atoms with van der Waals surface area (Å²) in [6.07, 6.45) is 40.8. The molecule has 20 rings (SSSR count). The molecular weight excluding hydrogens is 1490 g/mol. The standard InChI is InChI=1S/C23H37N7O2.C23H36N6O3.C20H30N6O2.C17H23N5O3/c1-15(2)29(10-6-9-24)12-16-11-17(30-14-28-18-21(25)26-13-27-22(18)30)20-19(16)31-23(32-20)7-4-3-5-8-23;1-15(2)28(9-6-10-30)12-16-11-17(29-14-27-18-21(24)25-13-26-22(18)29)20-19(16)31-23(32-20)7-4-3-5-8-23;1-12(2)22-9-13-8-14(26-11-25-15-18(21)23-10-24-19(15)26)17-16(13)27-20(28-17)6-4-3-5-7-20;18-15-12-16(20-8-19-15)22(9-21-12)11-6-10(7-23)13-14(11)25-17(24-13)4-2-1-3-5-17/h13-17,19-20H,3-12,24H2,1-2H3,(H2,25,26,27);13-17,19-20,30H,3-12H2,1-2H3,(H2,24,25,26);10-14,16-17,22H,3-9H2,1-2H3,(H2,21,23,24);8-11,13-14,23H,1-7H2,(H2,18,19,20)/t2*16-,17-,19-,20+;13-,14-,16-,17+;10-,11-,13-,14+/m1111/s1. The second kappa shape index (κ2) is 34.8. The van der Waals surface area contributed by atoms with Gasteiger partial charge in [0, 0.05) is 133 Å². The molecule has 117 heavy (non-hydrogen) atoms. The number of ether oxygens (including phenoxy) is 8. The van der Waals surface area contributed by atoms with Gasteiger partial charge in [-0.05, 0) is 131 Å². The number of nitrogens with one attached hydrogen (secondary N) is 1. The second-order valence-corrected chi connectivity index (χ2v) is 36.3. The van der Waals surface area contributed by atoms with Crippen molar-refractivity contribution in [1.82, 2.24) is 93.2 Å². The molecule has 0 unspecified atom stereocenters. The number of aliphatic hydroxyl groups is 2. The summed E-state index contributed by atoms with van der Waals surface area (Å²) in [5, 5.41) is 22.8. The Hall–Kier alpha value is -7.16. The van der Waals surface area contributed by atoms with Crippen molar-refractivity contribution in [2.45, 2.75) is 323 Å². The van der Waals surface area contributed by atoms with Gasteiger partial charge in [0.25, 0.3) is 0 Å². The van der Waals surface area contributed by atoms with E-state index < -0.39 is 23.1 Å². The first-order valence-corrected chi connectivity index (χ1v) is 44.1. The molecule has 13 N–H and O–H groups in total. The third-order valence-corrected chi connectivity index (χ3v) is 27.8. The molecule has 34 nitrogen and oxygen atoms in total. The molecule has 8 aromatic rings. The molecule has 0 bridgehead atoms. The monoisotopic (exact) mass is 1620 g/mol. The van der Waals surface area contributed by atoms with Crippen LogP contribution >= 0.6 is 0 Å². The van der Waals surface area contributed by atoms with E-state index in [4.69, 9.17) is 66.6 Å². The zero-order valence-electron chi connectivity index (χ0n) is 69.2. The number of fused-ring (bicyclic) bond motifs is 8. The SMILES string of the molecule is CC(C)N(CCCN)C[C@H]1C[C@@H](n2cnc3c(N)ncnc32)[C@@H]2OC3(CCCCC3)O[C@H]12.CC(C)N(CCCO)C[C@H]1C[C@@H](n2cnc3c(N)ncnc32)[C@@H]2OC3(CCCCC3)O[C@H]12.CC(C)NC[C@H]1C[C@@H](n2cnc3c(N)ncnc32)[C@@H]2OC3(CCCCC3)O[C@H]12.Nc1ncnc2c1ncn2[C@@H]1C[C@H](CO)[C@H]2OC3(CCCCC3)O[C@H]21. The van der Waals surface area contributed by atoms with E-state index >= 15 is 0 Å². The van der Waals surface area contributed by atoms with Gasteiger partial charge in [-0.1, -0.05) is 39.5 Å². The Bertz CT molecular complexity index is 4480. The summed E-state index contributed by atoms with van der Waals surface area (Å²) in [4.78, 5) is 57.0. The molecule has 12 aliphatic rings. The first-order chi connectivity index (χ1) is 56.8. The molecule has 0 amide bonds. The third kappa shape index (κ3) is 16.3. The van der Waals surface area contributed by atoms with E-state index in [1.807, 2.05) is 23.5 Å². The van der Waals surface area contributed by atoms with Crippen molar-refractivity contribution >= 4 is 67.9 Å². The van der Waals surface area contributed by atoms with Gasteiger partial charge in [-0.25, -0.2) is 59.8 Å². The van der Waals surface area contributed by atoms with Gasteiger partial charge in [-0.3, -0.25) is 0 Å². The number of nitrogens with two attached hydrogens (primary N) is 5. The van der Waals surface area contributed by atoms with E-state index in [1.54, 1.807) is 6.33 Å². The van der Waals surface area contributed by atoms with Crippen LogP contribution in [0.4, 0.5) is 23.3 Å². The van der Waals surface area contributed by atoms with Gasteiger partial charge >= 0.3 is 0 Å². The van der Waals surface area contributed by atoms with Crippen LogP contribution < -0.4 is 34.0 Å². The van der Waals surface area contributed by atoms with Crippen LogP contribution in [0.3, 0.4) is 0 Å². The molecular formula is C83H126N24O10. The number of anilines is 4. The predicted molar refractivity (Wildman–Crippen MR) is 439 cm³/mol. The van der Waals surface area contributed by atoms with Crippen LogP contribution in [0.2, 0.25) is 0 Å². The number of aromatic nitrogens is 16. The Kier molecular flexibility index (Phi) is 24.4. The largest absolute Gasteiger partial charge is 0.396 e. The van der Waals surface area contributed by atoms with Gasteiger partial charge in [0.15, 0.2) is 69.0 Å². The first kappa shape index (κ1) is 82.2. The zero-order valence-corrected chi connectivity index (χ0v) is 69.2. The molecule has 34 heteroatoms. The fraction of sp³-hybridized carbons (Fsp3) is 0.759. The smallest absolute Gasteiger partial charge is 0.169 e. The van der Waals surface area contributed by atoms with Crippen molar-refractivity contribution in [3.63, 3.8) is 0 Å². The van der Waals surface area contributed by atoms with Crippen molar-refractivity contribution < 1.29 is 48.1 Å². The van der Waals surface area contributed by atoms with Gasteiger partial charge in [0.05, 0.1) is 73.9 Å². The minimum Gasteiger partial charge on any atom is -0.396 e. The van der Waals surface area contributed by atoms with E-state index in [9.17, 15) is 10.2 Å². The average Bonchev–Trinajstić information content (AvgIpc) is 1.59. The van der Waals surface area contributed by atoms with Crippen molar-refractivity contribution in [1.29, 1.82) is 0 Å². The van der Waals surface area contributed by atoms with Gasteiger partial charge in [0.2, 0.25) is 0 Å². The number of imidazole rings is 4. The van der Waals surface area contributed by atoms with Crippen molar-refractivity contribution in [3.05, 3.63) is 50.6 Å². The molecule has 4 saturated heterocycles. The molecule has 638 valence electrons. The topological polar surface area (TPSA) is 437 Å². The third-order valence-electron chi connectivity index (χ3n) is 27.8. The highest BCUT2D eigenvalue weighted by atomic mass is 16.8. The summed E-state index contributed by atoms with van der Waals surface area (Å²) in [7, 11) is 0. The molecule has 8 aromatic heterocycles. The summed E-state index contributed by atoms with van der Waals surface area (Å²) >= 11 is 0. The Morgan fingerprint density at radius 3 is 0.957 bits per heavy atom. The van der Waals surface area contributed by atoms with Gasteiger partial charge in [-0.2, -0.15) is 0 Å². The molecule has 12 fully saturated rings. The number of rotatable bonds is 20. The van der Waals surface area contributed by atoms with Crippen LogP contribution in [0, 0.1) is 23.7 Å². The lowest BCUT2D eigenvalue weighted by molar-refractivity contribution is -0.206. The Morgan fingerprint density at radius 1 is 0.385 bits per heavy atom. The van der Waals surface area contributed by atoms with Gasteiger partial charge in [0.1, 0.15) is 71.8 Å². The Balaban J connectivity index is 0.000000112. The normalized spacial score (nSPS) is 31.0. The second-order valence-electron chi connectivity index (χ2n) is 36.3. The lowest BCUT2D eigenvalue weighted by atomic mass is 9.94. The van der Waals surface area contributed by atoms with Crippen LogP contribution in [0.25, 0.3) is 44.7 Å². The lowest BCUT2D eigenvalue weighted by Gasteiger charge is -2.35. The maximum absolute atomic E-state index is 9.87. The number of aliphatic hydroxyl groups excluding tert-OH is 2. The molecule has 0 radical (unpaired) electrons. The zero-order chi connectivity index (χ0) is 80.9. The van der Waals surface area contributed by atoms with Crippen molar-refractivity contribution in [2.24, 2.45) is 29.4 Å². The van der Waals surface area contributed by atoms with Crippen molar-refractivity contribution in [2.75, 3.05) is 75.4 Å². The average molecular weight is 1620 g/mol. The maximum Gasteiger partial charge on any atom is 0.169 e. The van der Waals surface area contributed by atoms with Gasteiger partial charge in [-0.15, -0.1) is 0 Å². The fourth-order valence-corrected chi connectivity index (χ4v) is 21.8. The van der Waals surface area contributed by atoms with E-state index in [0.717, 1.165) is 165 Å². The van der Waals surface area contributed by atoms with E-state index in [0.29, 0.717) is 93.4 Å². The summed E-state index contributed by atoms with van der Waals surface area (Å²) < 4.78 is 61.9. The van der Waals surface area contributed by atoms with Crippen LogP contribution in [0.5, 0.6) is 0 Å². The van der Waals surface area contributed by atoms with Crippen LogP contribution in [-0.4, -0.2) is 241 Å². The van der Waals surface area contributed by atoms with Crippen molar-refractivity contribution in [3.8, 4) is 0 Å². The minimum absolute atomic E-state index is 0.00443. The number of nitrogens with zero attached hydrogens (tertiary/aromatic N) is 18. The number of hydrogen-bond acceptors (Lipinski definition) is 30. The highest BCUT2D eigenvalue weighted by Crippen LogP contribution is 2.57. The summed E-state index contributed by atoms with van der Waals surface area (Å²) in [5.74, 6) is 1.07. The molecule has 16 atom stereocenters. The van der Waals surface area contributed by atoms with Crippen LogP contribution in [0.15, 0.2) is 50.6 Å². The minimum atomic E-state index is -0.468. The van der Waals surface area contributed by atoms with Gasteiger partial charge < -0.3 is 110 Å². The van der Waals surface area contributed by atoms with E-state index in [1.165, 1.54) is 76.7 Å². The lowest BCUT2D eigenvalue weighted by Crippen LogP contribution is -2.41. The highest BCUT2D eigenvalue weighted by Gasteiger charge is 2.62. The number of hydrogen-bond donors (Lipinski definition) is 8. The maximum atomic E-state index is 9.87. The summed E-state index contributed by atoms with van der Waals surface area (Å²) in [6.45, 7) is 19.1. The molecule has 0 aromatic carbocycles. The highest BCUT2D eigenvalue weighted by molar-refractivity contribution is 5.83. The predicted octanol–water partition coefficient (Wildman–Crippen LogP) is 8.80. The van der Waals surface area contributed by atoms with E-state index in [2.05, 4.69) is 130 Å². The molecule has 4 spiro atoms. The summed E-state index contributed by atoms with van der Waals surface area (Å²) in [6, 6.07) is 1.71. The quantitative estimate of drug-likeness (QED) is 0.0353. The van der Waals surface area contributed by atoms with Crippen LogP contribution in [0.1, 0.15) is 233 Å². The van der Waals surface area contributed by atoms with Crippen LogP contribution in [-0.2, 0) is 37.9 Å². The molecule has 12 heterocycles. The molecule has 4 aliphatic heterocycles. The number of nitrogen functional groups attached to an aromatic ring is 4. The first-order valence-electron chi connectivity index (χ1n) is 44.1. The summed E-state index contributed by atoms with van der Waals surface area (Å²) in [5.41, 5.74) is 35.4. The fourth-order valence-electron chi connectivity index (χ4n) is 21.8. The molecule has 8 aliphatic carbocycles. The molecule has 8 saturated carbocycles. The Labute approximate surface area is 684 Å². The van der Waals surface area contributed by atoms with E-state index in [-0.39, 0.29) is 92.1 Å². The Morgan fingerprint density at radius 2 is 0.667 bits per heavy atom.